The second-order valence-electron chi connectivity index (χ2n) is 6.34. The molecule has 6 heteroatoms. The normalized spacial score (nSPS) is 10.8. The van der Waals surface area contributed by atoms with E-state index in [1.807, 2.05) is 86.7 Å². The SMILES string of the molecule is CNc1nc(N(C)C)nc2nc(-c3ccccc3)c(-c3ccccc3)nc12. The number of benzene rings is 2. The van der Waals surface area contributed by atoms with Gasteiger partial charge in [-0.25, -0.2) is 9.97 Å². The number of aromatic nitrogens is 4. The average molecular weight is 356 g/mol. The summed E-state index contributed by atoms with van der Waals surface area (Å²) in [6.07, 6.45) is 0. The smallest absolute Gasteiger partial charge is 0.228 e. The van der Waals surface area contributed by atoms with E-state index in [4.69, 9.17) is 9.97 Å². The van der Waals surface area contributed by atoms with Gasteiger partial charge in [0.25, 0.3) is 0 Å². The maximum atomic E-state index is 4.92. The van der Waals surface area contributed by atoms with Crippen LogP contribution in [0.2, 0.25) is 0 Å². The molecule has 0 aliphatic carbocycles. The van der Waals surface area contributed by atoms with Crippen molar-refractivity contribution in [1.29, 1.82) is 0 Å². The van der Waals surface area contributed by atoms with Gasteiger partial charge in [0.2, 0.25) is 5.95 Å². The Hall–Kier alpha value is -3.54. The van der Waals surface area contributed by atoms with Gasteiger partial charge in [0.15, 0.2) is 17.0 Å². The Kier molecular flexibility index (Phi) is 4.38. The number of hydrogen-bond acceptors (Lipinski definition) is 6. The zero-order chi connectivity index (χ0) is 18.8. The Bertz CT molecular complexity index is 1080. The summed E-state index contributed by atoms with van der Waals surface area (Å²) >= 11 is 0. The number of hydrogen-bond donors (Lipinski definition) is 1. The fourth-order valence-electron chi connectivity index (χ4n) is 2.90. The fourth-order valence-corrected chi connectivity index (χ4v) is 2.90. The quantitative estimate of drug-likeness (QED) is 0.599. The molecule has 0 radical (unpaired) electrons. The molecule has 6 nitrogen and oxygen atoms in total. The van der Waals surface area contributed by atoms with E-state index in [-0.39, 0.29) is 0 Å². The van der Waals surface area contributed by atoms with Crippen molar-refractivity contribution in [3.63, 3.8) is 0 Å². The highest BCUT2D eigenvalue weighted by Crippen LogP contribution is 2.32. The summed E-state index contributed by atoms with van der Waals surface area (Å²) in [7, 11) is 5.64. The van der Waals surface area contributed by atoms with Crippen molar-refractivity contribution in [2.45, 2.75) is 0 Å². The predicted molar refractivity (Wildman–Crippen MR) is 110 cm³/mol. The topological polar surface area (TPSA) is 66.8 Å². The lowest BCUT2D eigenvalue weighted by atomic mass is 10.0. The van der Waals surface area contributed by atoms with E-state index in [0.29, 0.717) is 22.9 Å². The van der Waals surface area contributed by atoms with Crippen LogP contribution in [0.25, 0.3) is 33.7 Å². The third-order valence-corrected chi connectivity index (χ3v) is 4.25. The zero-order valence-electron chi connectivity index (χ0n) is 15.5. The van der Waals surface area contributed by atoms with Gasteiger partial charge >= 0.3 is 0 Å². The van der Waals surface area contributed by atoms with Crippen molar-refractivity contribution in [2.75, 3.05) is 31.4 Å². The van der Waals surface area contributed by atoms with Gasteiger partial charge in [-0.3, -0.25) is 0 Å². The molecule has 0 atom stereocenters. The van der Waals surface area contributed by atoms with Crippen LogP contribution >= 0.6 is 0 Å². The van der Waals surface area contributed by atoms with Gasteiger partial charge in [-0.05, 0) is 0 Å². The van der Waals surface area contributed by atoms with Crippen LogP contribution in [0.15, 0.2) is 60.7 Å². The third-order valence-electron chi connectivity index (χ3n) is 4.25. The molecule has 0 unspecified atom stereocenters. The minimum Gasteiger partial charge on any atom is -0.371 e. The van der Waals surface area contributed by atoms with Crippen molar-refractivity contribution < 1.29 is 0 Å². The van der Waals surface area contributed by atoms with Crippen LogP contribution in [0.1, 0.15) is 0 Å². The molecule has 2 aromatic carbocycles. The molecule has 0 fully saturated rings. The Morgan fingerprint density at radius 1 is 0.704 bits per heavy atom. The first kappa shape index (κ1) is 16.9. The highest BCUT2D eigenvalue weighted by Gasteiger charge is 2.17. The van der Waals surface area contributed by atoms with Crippen molar-refractivity contribution in [3.8, 4) is 22.5 Å². The zero-order valence-corrected chi connectivity index (χ0v) is 15.5. The van der Waals surface area contributed by atoms with Gasteiger partial charge in [-0.15, -0.1) is 0 Å². The number of anilines is 2. The first-order valence-electron chi connectivity index (χ1n) is 8.73. The molecule has 2 aromatic heterocycles. The van der Waals surface area contributed by atoms with Crippen LogP contribution < -0.4 is 10.2 Å². The van der Waals surface area contributed by atoms with Crippen LogP contribution in [-0.4, -0.2) is 41.1 Å². The van der Waals surface area contributed by atoms with Gasteiger partial charge < -0.3 is 10.2 Å². The lowest BCUT2D eigenvalue weighted by Gasteiger charge is -2.15. The molecule has 0 spiro atoms. The van der Waals surface area contributed by atoms with Crippen LogP contribution in [-0.2, 0) is 0 Å². The number of fused-ring (bicyclic) bond motifs is 1. The number of nitrogens with zero attached hydrogens (tertiary/aromatic N) is 5. The molecule has 4 rings (SSSR count). The summed E-state index contributed by atoms with van der Waals surface area (Å²) in [5.74, 6) is 1.25. The van der Waals surface area contributed by atoms with Gasteiger partial charge in [0.05, 0.1) is 11.4 Å². The van der Waals surface area contributed by atoms with Crippen LogP contribution in [0, 0.1) is 0 Å². The molecule has 0 aliphatic heterocycles. The van der Waals surface area contributed by atoms with E-state index in [1.165, 1.54) is 0 Å². The Labute approximate surface area is 158 Å². The molecule has 0 amide bonds. The van der Waals surface area contributed by atoms with Crippen LogP contribution in [0.3, 0.4) is 0 Å². The third kappa shape index (κ3) is 3.17. The molecule has 0 aliphatic rings. The molecule has 134 valence electrons. The largest absolute Gasteiger partial charge is 0.371 e. The highest BCUT2D eigenvalue weighted by molar-refractivity contribution is 5.90. The Morgan fingerprint density at radius 2 is 1.26 bits per heavy atom. The van der Waals surface area contributed by atoms with Crippen molar-refractivity contribution in [3.05, 3.63) is 60.7 Å². The monoisotopic (exact) mass is 356 g/mol. The molecule has 0 saturated heterocycles. The molecule has 2 heterocycles. The van der Waals surface area contributed by atoms with E-state index >= 15 is 0 Å². The minimum absolute atomic E-state index is 0.566. The summed E-state index contributed by atoms with van der Waals surface area (Å²) in [6, 6.07) is 20.1. The molecule has 0 saturated carbocycles. The molecule has 27 heavy (non-hydrogen) atoms. The van der Waals surface area contributed by atoms with Crippen molar-refractivity contribution in [1.82, 2.24) is 19.9 Å². The summed E-state index contributed by atoms with van der Waals surface area (Å²) in [5.41, 5.74) is 4.84. The Morgan fingerprint density at radius 3 is 1.78 bits per heavy atom. The lowest BCUT2D eigenvalue weighted by molar-refractivity contribution is 1.00. The second kappa shape index (κ2) is 6.99. The maximum absolute atomic E-state index is 4.92. The van der Waals surface area contributed by atoms with Gasteiger partial charge in [-0.1, -0.05) is 60.7 Å². The van der Waals surface area contributed by atoms with Gasteiger partial charge in [0, 0.05) is 32.3 Å². The summed E-state index contributed by atoms with van der Waals surface area (Å²) < 4.78 is 0. The summed E-state index contributed by atoms with van der Waals surface area (Å²) in [4.78, 5) is 20.8. The van der Waals surface area contributed by atoms with E-state index in [2.05, 4.69) is 15.3 Å². The van der Waals surface area contributed by atoms with E-state index in [1.54, 1.807) is 0 Å². The first-order valence-corrected chi connectivity index (χ1v) is 8.73. The minimum atomic E-state index is 0.566. The van der Waals surface area contributed by atoms with Crippen molar-refractivity contribution >= 4 is 22.9 Å². The second-order valence-corrected chi connectivity index (χ2v) is 6.34. The molecule has 4 aromatic rings. The first-order chi connectivity index (χ1) is 13.2. The maximum Gasteiger partial charge on any atom is 0.228 e. The number of rotatable bonds is 4. The molecular formula is C21H20N6. The molecule has 1 N–H and O–H groups in total. The van der Waals surface area contributed by atoms with E-state index in [0.717, 1.165) is 22.5 Å². The highest BCUT2D eigenvalue weighted by atomic mass is 15.2. The van der Waals surface area contributed by atoms with E-state index in [9.17, 15) is 0 Å². The lowest BCUT2D eigenvalue weighted by Crippen LogP contribution is -2.14. The Balaban J connectivity index is 2.06. The predicted octanol–water partition coefficient (Wildman–Crippen LogP) is 3.86. The van der Waals surface area contributed by atoms with Crippen molar-refractivity contribution in [2.24, 2.45) is 0 Å². The number of nitrogens with one attached hydrogen (secondary N) is 1. The molecular weight excluding hydrogens is 336 g/mol. The average Bonchev–Trinajstić information content (AvgIpc) is 2.73. The van der Waals surface area contributed by atoms with Crippen LogP contribution in [0.4, 0.5) is 11.8 Å². The fraction of sp³-hybridized carbons (Fsp3) is 0.143. The van der Waals surface area contributed by atoms with E-state index < -0.39 is 0 Å². The summed E-state index contributed by atoms with van der Waals surface area (Å²) in [6.45, 7) is 0. The van der Waals surface area contributed by atoms with Gasteiger partial charge in [-0.2, -0.15) is 9.97 Å². The molecule has 0 bridgehead atoms. The summed E-state index contributed by atoms with van der Waals surface area (Å²) in [5, 5.41) is 3.12. The standard InChI is InChI=1S/C21H20N6/c1-22-19-18-20(26-21(25-19)27(2)3)24-17(15-12-8-5-9-13-15)16(23-18)14-10-6-4-7-11-14/h4-13H,1-3H3,(H,22,24,25,26). The van der Waals surface area contributed by atoms with Crippen LogP contribution in [0.5, 0.6) is 0 Å². The van der Waals surface area contributed by atoms with Gasteiger partial charge in [0.1, 0.15) is 0 Å².